The number of rotatable bonds is 3. The number of aromatic nitrogens is 2. The van der Waals surface area contributed by atoms with Gasteiger partial charge in [0.25, 0.3) is 5.91 Å². The molecule has 1 heterocycles. The van der Waals surface area contributed by atoms with Crippen molar-refractivity contribution in [1.29, 1.82) is 5.26 Å². The zero-order valence-electron chi connectivity index (χ0n) is 14.2. The predicted molar refractivity (Wildman–Crippen MR) is 89.8 cm³/mol. The van der Waals surface area contributed by atoms with Gasteiger partial charge in [0.15, 0.2) is 17.3 Å². The highest BCUT2D eigenvalue weighted by atomic mass is 19.2. The summed E-state index contributed by atoms with van der Waals surface area (Å²) in [5.41, 5.74) is 1.52. The molecule has 0 unspecified atom stereocenters. The van der Waals surface area contributed by atoms with Crippen molar-refractivity contribution in [3.63, 3.8) is 0 Å². The summed E-state index contributed by atoms with van der Waals surface area (Å²) < 4.78 is 28.4. The normalized spacial score (nSPS) is 17.7. The Morgan fingerprint density at radius 1 is 1.19 bits per heavy atom. The molecule has 0 spiro atoms. The van der Waals surface area contributed by atoms with Gasteiger partial charge in [0.2, 0.25) is 0 Å². The molecular formula is C19H18F2N4O. The maximum absolute atomic E-state index is 13.6. The lowest BCUT2D eigenvalue weighted by Gasteiger charge is -2.21. The van der Waals surface area contributed by atoms with Crippen LogP contribution in [0.5, 0.6) is 0 Å². The minimum atomic E-state index is -0.954. The van der Waals surface area contributed by atoms with E-state index in [1.54, 1.807) is 0 Å². The molecule has 2 aliphatic carbocycles. The summed E-state index contributed by atoms with van der Waals surface area (Å²) >= 11 is 0. The summed E-state index contributed by atoms with van der Waals surface area (Å²) in [4.78, 5) is 12.8. The SMILES string of the molecule is N#CC1(NC(=O)c2nn(-c3ccc(F)c(F)c3)c3c2CCC3)CCCC1. The Kier molecular flexibility index (Phi) is 3.98. The highest BCUT2D eigenvalue weighted by molar-refractivity contribution is 5.95. The van der Waals surface area contributed by atoms with Gasteiger partial charge >= 0.3 is 0 Å². The van der Waals surface area contributed by atoms with Crippen molar-refractivity contribution in [2.24, 2.45) is 0 Å². The van der Waals surface area contributed by atoms with Gasteiger partial charge in [-0.1, -0.05) is 0 Å². The molecule has 1 aromatic heterocycles. The molecule has 134 valence electrons. The van der Waals surface area contributed by atoms with E-state index in [2.05, 4.69) is 16.5 Å². The standard InChI is InChI=1S/C19H18F2N4O/c20-14-7-6-12(10-15(14)21)25-16-5-3-4-13(16)17(24-25)18(26)23-19(11-22)8-1-2-9-19/h6-7,10H,1-5,8-9H2,(H,23,26). The Labute approximate surface area is 149 Å². The fourth-order valence-electron chi connectivity index (χ4n) is 3.97. The van der Waals surface area contributed by atoms with E-state index in [0.29, 0.717) is 24.9 Å². The maximum Gasteiger partial charge on any atom is 0.273 e. The second-order valence-corrected chi connectivity index (χ2v) is 6.99. The van der Waals surface area contributed by atoms with Crippen LogP contribution in [0, 0.1) is 23.0 Å². The van der Waals surface area contributed by atoms with E-state index in [1.165, 1.54) is 10.7 Å². The Morgan fingerprint density at radius 3 is 2.65 bits per heavy atom. The lowest BCUT2D eigenvalue weighted by Crippen LogP contribution is -2.45. The summed E-state index contributed by atoms with van der Waals surface area (Å²) in [6.45, 7) is 0. The molecule has 0 saturated heterocycles. The van der Waals surface area contributed by atoms with Crippen molar-refractivity contribution in [2.45, 2.75) is 50.5 Å². The van der Waals surface area contributed by atoms with Crippen LogP contribution in [-0.4, -0.2) is 21.2 Å². The molecule has 1 N–H and O–H groups in total. The zero-order valence-corrected chi connectivity index (χ0v) is 14.2. The molecule has 0 atom stereocenters. The first-order valence-corrected chi connectivity index (χ1v) is 8.83. The zero-order chi connectivity index (χ0) is 18.3. The number of fused-ring (bicyclic) bond motifs is 1. The molecular weight excluding hydrogens is 338 g/mol. The molecule has 2 aliphatic rings. The number of hydrogen-bond acceptors (Lipinski definition) is 3. The monoisotopic (exact) mass is 356 g/mol. The molecule has 1 saturated carbocycles. The molecule has 5 nitrogen and oxygen atoms in total. The van der Waals surface area contributed by atoms with Crippen molar-refractivity contribution in [2.75, 3.05) is 0 Å². The molecule has 0 bridgehead atoms. The van der Waals surface area contributed by atoms with E-state index in [9.17, 15) is 18.8 Å². The second kappa shape index (κ2) is 6.20. The van der Waals surface area contributed by atoms with E-state index in [-0.39, 0.29) is 11.6 Å². The van der Waals surface area contributed by atoms with Crippen LogP contribution in [0.4, 0.5) is 8.78 Å². The molecule has 4 rings (SSSR count). The van der Waals surface area contributed by atoms with Gasteiger partial charge in [-0.3, -0.25) is 4.79 Å². The molecule has 1 amide bonds. The van der Waals surface area contributed by atoms with Crippen LogP contribution in [0.2, 0.25) is 0 Å². The largest absolute Gasteiger partial charge is 0.332 e. The average Bonchev–Trinajstić information content (AvgIpc) is 3.34. The highest BCUT2D eigenvalue weighted by Crippen LogP contribution is 2.31. The molecule has 1 aromatic carbocycles. The first-order chi connectivity index (χ1) is 12.5. The second-order valence-electron chi connectivity index (χ2n) is 6.99. The smallest absolute Gasteiger partial charge is 0.273 e. The van der Waals surface area contributed by atoms with E-state index >= 15 is 0 Å². The van der Waals surface area contributed by atoms with Gasteiger partial charge in [-0.25, -0.2) is 13.5 Å². The van der Waals surface area contributed by atoms with Gasteiger partial charge in [-0.15, -0.1) is 0 Å². The van der Waals surface area contributed by atoms with E-state index < -0.39 is 17.2 Å². The van der Waals surface area contributed by atoms with E-state index in [1.807, 2.05) is 0 Å². The number of nitrogens with zero attached hydrogens (tertiary/aromatic N) is 3. The third-order valence-electron chi connectivity index (χ3n) is 5.32. The fourth-order valence-corrected chi connectivity index (χ4v) is 3.97. The minimum Gasteiger partial charge on any atom is -0.332 e. The Hall–Kier alpha value is -2.75. The Balaban J connectivity index is 1.71. The molecule has 2 aromatic rings. The number of carbonyl (C=O) groups is 1. The van der Waals surface area contributed by atoms with Crippen molar-refractivity contribution >= 4 is 5.91 Å². The summed E-state index contributed by atoms with van der Waals surface area (Å²) in [7, 11) is 0. The molecule has 1 fully saturated rings. The van der Waals surface area contributed by atoms with Gasteiger partial charge < -0.3 is 5.32 Å². The van der Waals surface area contributed by atoms with Crippen molar-refractivity contribution < 1.29 is 13.6 Å². The van der Waals surface area contributed by atoms with Crippen LogP contribution in [0.25, 0.3) is 5.69 Å². The predicted octanol–water partition coefficient (Wildman–Crippen LogP) is 3.21. The highest BCUT2D eigenvalue weighted by Gasteiger charge is 2.37. The lowest BCUT2D eigenvalue weighted by atomic mass is 9.99. The van der Waals surface area contributed by atoms with Crippen LogP contribution >= 0.6 is 0 Å². The van der Waals surface area contributed by atoms with Gasteiger partial charge in [0.05, 0.1) is 11.8 Å². The fraction of sp³-hybridized carbons (Fsp3) is 0.421. The quantitative estimate of drug-likeness (QED) is 0.918. The Bertz CT molecular complexity index is 922. The van der Waals surface area contributed by atoms with Crippen molar-refractivity contribution in [3.05, 3.63) is 46.8 Å². The third kappa shape index (κ3) is 2.66. The lowest BCUT2D eigenvalue weighted by molar-refractivity contribution is 0.0914. The molecule has 0 aliphatic heterocycles. The summed E-state index contributed by atoms with van der Waals surface area (Å²) in [5, 5.41) is 16.7. The van der Waals surface area contributed by atoms with Crippen molar-refractivity contribution in [3.8, 4) is 11.8 Å². The number of halogens is 2. The maximum atomic E-state index is 13.6. The van der Waals surface area contributed by atoms with Gasteiger partial charge in [-0.2, -0.15) is 10.4 Å². The van der Waals surface area contributed by atoms with Gasteiger partial charge in [0.1, 0.15) is 5.54 Å². The third-order valence-corrected chi connectivity index (χ3v) is 5.32. The minimum absolute atomic E-state index is 0.281. The first-order valence-electron chi connectivity index (χ1n) is 8.83. The summed E-state index contributed by atoms with van der Waals surface area (Å²) in [6, 6.07) is 5.82. The van der Waals surface area contributed by atoms with Crippen LogP contribution in [0.3, 0.4) is 0 Å². The van der Waals surface area contributed by atoms with Crippen LogP contribution < -0.4 is 5.32 Å². The number of hydrogen-bond donors (Lipinski definition) is 1. The molecule has 26 heavy (non-hydrogen) atoms. The van der Waals surface area contributed by atoms with Crippen LogP contribution in [-0.2, 0) is 12.8 Å². The Morgan fingerprint density at radius 2 is 1.96 bits per heavy atom. The number of benzene rings is 1. The number of nitriles is 1. The number of carbonyl (C=O) groups excluding carboxylic acids is 1. The van der Waals surface area contributed by atoms with Gasteiger partial charge in [-0.05, 0) is 57.1 Å². The molecule has 0 radical (unpaired) electrons. The van der Waals surface area contributed by atoms with Crippen LogP contribution in [0.1, 0.15) is 53.8 Å². The van der Waals surface area contributed by atoms with Crippen LogP contribution in [0.15, 0.2) is 18.2 Å². The van der Waals surface area contributed by atoms with E-state index in [4.69, 9.17) is 0 Å². The summed E-state index contributed by atoms with van der Waals surface area (Å²) in [6.07, 6.45) is 5.41. The number of amides is 1. The number of nitrogens with one attached hydrogen (secondary N) is 1. The average molecular weight is 356 g/mol. The molecule has 7 heteroatoms. The summed E-state index contributed by atoms with van der Waals surface area (Å²) in [5.74, 6) is -2.24. The first kappa shape index (κ1) is 16.7. The van der Waals surface area contributed by atoms with Gasteiger partial charge in [0, 0.05) is 17.3 Å². The van der Waals surface area contributed by atoms with E-state index in [0.717, 1.165) is 49.1 Å². The van der Waals surface area contributed by atoms with Crippen molar-refractivity contribution in [1.82, 2.24) is 15.1 Å². The topological polar surface area (TPSA) is 70.7 Å².